The van der Waals surface area contributed by atoms with Crippen molar-refractivity contribution in [3.8, 4) is 0 Å². The summed E-state index contributed by atoms with van der Waals surface area (Å²) in [5.74, 6) is -2.83. The van der Waals surface area contributed by atoms with Crippen molar-refractivity contribution in [1.29, 1.82) is 0 Å². The second-order valence-corrected chi connectivity index (χ2v) is 4.77. The topological polar surface area (TPSA) is 38.3 Å². The first kappa shape index (κ1) is 13.8. The molecule has 0 bridgehead atoms. The molecule has 1 aromatic rings. The van der Waals surface area contributed by atoms with E-state index in [9.17, 15) is 13.6 Å². The number of halogens is 2. The zero-order chi connectivity index (χ0) is 13.7. The molecule has 1 unspecified atom stereocenters. The molecule has 0 saturated heterocycles. The standard InChI is InChI=1S/C14H17F2NO2/c15-14(16)9-5-4-8-12(14)17-13(18)19-10-11-6-2-1-3-7-11/h1-3,6-7,12H,4-5,8-10H2,(H,17,18). The number of rotatable bonds is 3. The van der Waals surface area contributed by atoms with Gasteiger partial charge in [0.2, 0.25) is 0 Å². The minimum atomic E-state index is -2.83. The van der Waals surface area contributed by atoms with Crippen LogP contribution in [0.3, 0.4) is 0 Å². The van der Waals surface area contributed by atoms with Gasteiger partial charge < -0.3 is 10.1 Å². The second-order valence-electron chi connectivity index (χ2n) is 4.77. The van der Waals surface area contributed by atoms with E-state index in [1.54, 1.807) is 0 Å². The van der Waals surface area contributed by atoms with E-state index in [1.807, 2.05) is 30.3 Å². The Bertz CT molecular complexity index is 423. The number of carbonyl (C=O) groups excluding carboxylic acids is 1. The molecule has 19 heavy (non-hydrogen) atoms. The first-order valence-electron chi connectivity index (χ1n) is 6.43. The van der Waals surface area contributed by atoms with Gasteiger partial charge in [-0.1, -0.05) is 36.8 Å². The number of alkyl halides is 2. The van der Waals surface area contributed by atoms with Crippen LogP contribution in [0.2, 0.25) is 0 Å². The van der Waals surface area contributed by atoms with Crippen molar-refractivity contribution < 1.29 is 18.3 Å². The predicted molar refractivity (Wildman–Crippen MR) is 67.0 cm³/mol. The molecule has 1 N–H and O–H groups in total. The number of nitrogens with one attached hydrogen (secondary N) is 1. The lowest BCUT2D eigenvalue weighted by molar-refractivity contribution is -0.0626. The van der Waals surface area contributed by atoms with Crippen LogP contribution in [0.1, 0.15) is 31.2 Å². The fraction of sp³-hybridized carbons (Fsp3) is 0.500. The van der Waals surface area contributed by atoms with Gasteiger partial charge in [-0.3, -0.25) is 0 Å². The molecule has 3 nitrogen and oxygen atoms in total. The molecule has 1 aliphatic carbocycles. The average Bonchev–Trinajstić information content (AvgIpc) is 2.40. The maximum atomic E-state index is 13.5. The quantitative estimate of drug-likeness (QED) is 0.912. The van der Waals surface area contributed by atoms with E-state index in [-0.39, 0.29) is 13.0 Å². The molecular formula is C14H17F2NO2. The van der Waals surface area contributed by atoms with Crippen LogP contribution in [0, 0.1) is 0 Å². The zero-order valence-corrected chi connectivity index (χ0v) is 10.6. The molecule has 1 aromatic carbocycles. The van der Waals surface area contributed by atoms with Gasteiger partial charge in [0.15, 0.2) is 0 Å². The Morgan fingerprint density at radius 1 is 1.32 bits per heavy atom. The van der Waals surface area contributed by atoms with Crippen molar-refractivity contribution in [2.24, 2.45) is 0 Å². The summed E-state index contributed by atoms with van der Waals surface area (Å²) in [6, 6.07) is 8.01. The molecule has 0 radical (unpaired) electrons. The molecule has 1 saturated carbocycles. The average molecular weight is 269 g/mol. The summed E-state index contributed by atoms with van der Waals surface area (Å²) in [7, 11) is 0. The highest BCUT2D eigenvalue weighted by Crippen LogP contribution is 2.33. The van der Waals surface area contributed by atoms with E-state index >= 15 is 0 Å². The Balaban J connectivity index is 1.81. The highest BCUT2D eigenvalue weighted by Gasteiger charge is 2.42. The molecule has 104 valence electrons. The summed E-state index contributed by atoms with van der Waals surface area (Å²) in [5, 5.41) is 2.27. The van der Waals surface area contributed by atoms with E-state index in [1.165, 1.54) is 0 Å². The van der Waals surface area contributed by atoms with Gasteiger partial charge in [-0.25, -0.2) is 13.6 Å². The second kappa shape index (κ2) is 5.99. The third-order valence-electron chi connectivity index (χ3n) is 3.27. The van der Waals surface area contributed by atoms with Gasteiger partial charge in [0.05, 0.1) is 6.04 Å². The third-order valence-corrected chi connectivity index (χ3v) is 3.27. The Hall–Kier alpha value is -1.65. The van der Waals surface area contributed by atoms with Crippen LogP contribution < -0.4 is 5.32 Å². The van der Waals surface area contributed by atoms with Crippen molar-refractivity contribution in [3.05, 3.63) is 35.9 Å². The van der Waals surface area contributed by atoms with Gasteiger partial charge in [0, 0.05) is 6.42 Å². The molecule has 1 aliphatic rings. The van der Waals surface area contributed by atoms with Crippen LogP contribution in [0.25, 0.3) is 0 Å². The summed E-state index contributed by atoms with van der Waals surface area (Å²) >= 11 is 0. The SMILES string of the molecule is O=C(NC1CCCCC1(F)F)OCc1ccccc1. The van der Waals surface area contributed by atoms with Crippen molar-refractivity contribution in [2.45, 2.75) is 44.3 Å². The lowest BCUT2D eigenvalue weighted by Gasteiger charge is -2.31. The van der Waals surface area contributed by atoms with Gasteiger partial charge in [0.25, 0.3) is 5.92 Å². The van der Waals surface area contributed by atoms with Crippen molar-refractivity contribution in [2.75, 3.05) is 0 Å². The number of alkyl carbamates (subject to hydrolysis) is 1. The lowest BCUT2D eigenvalue weighted by atomic mass is 9.92. The van der Waals surface area contributed by atoms with Gasteiger partial charge in [-0.05, 0) is 18.4 Å². The number of carbonyl (C=O) groups is 1. The number of amides is 1. The van der Waals surface area contributed by atoms with Crippen LogP contribution in [0.15, 0.2) is 30.3 Å². The van der Waals surface area contributed by atoms with Crippen LogP contribution in [0.4, 0.5) is 13.6 Å². The minimum absolute atomic E-state index is 0.0883. The maximum Gasteiger partial charge on any atom is 0.407 e. The highest BCUT2D eigenvalue weighted by molar-refractivity contribution is 5.67. The molecule has 2 rings (SSSR count). The molecule has 1 atom stereocenters. The molecule has 0 heterocycles. The summed E-state index contributed by atoms with van der Waals surface area (Å²) in [6.45, 7) is 0.0883. The molecule has 0 aliphatic heterocycles. The van der Waals surface area contributed by atoms with Crippen LogP contribution in [0.5, 0.6) is 0 Å². The summed E-state index contributed by atoms with van der Waals surface area (Å²) in [6.07, 6.45) is 0.559. The first-order valence-corrected chi connectivity index (χ1v) is 6.43. The normalized spacial score (nSPS) is 21.7. The van der Waals surface area contributed by atoms with Crippen LogP contribution >= 0.6 is 0 Å². The Morgan fingerprint density at radius 2 is 2.05 bits per heavy atom. The molecule has 0 spiro atoms. The smallest absolute Gasteiger partial charge is 0.407 e. The Morgan fingerprint density at radius 3 is 2.74 bits per heavy atom. The number of hydrogen-bond acceptors (Lipinski definition) is 2. The summed E-state index contributed by atoms with van der Waals surface area (Å²) < 4.78 is 32.0. The van der Waals surface area contributed by atoms with Gasteiger partial charge in [-0.15, -0.1) is 0 Å². The van der Waals surface area contributed by atoms with Crippen LogP contribution in [-0.4, -0.2) is 18.1 Å². The van der Waals surface area contributed by atoms with Crippen LogP contribution in [-0.2, 0) is 11.3 Å². The number of benzene rings is 1. The Labute approximate surface area is 111 Å². The lowest BCUT2D eigenvalue weighted by Crippen LogP contribution is -2.49. The fourth-order valence-electron chi connectivity index (χ4n) is 2.18. The Kier molecular flexibility index (Phi) is 4.35. The zero-order valence-electron chi connectivity index (χ0n) is 10.6. The monoisotopic (exact) mass is 269 g/mol. The molecule has 1 fully saturated rings. The maximum absolute atomic E-state index is 13.5. The van der Waals surface area contributed by atoms with Crippen molar-refractivity contribution in [1.82, 2.24) is 5.32 Å². The predicted octanol–water partition coefficient (Wildman–Crippen LogP) is 3.49. The van der Waals surface area contributed by atoms with E-state index in [0.29, 0.717) is 19.3 Å². The fourth-order valence-corrected chi connectivity index (χ4v) is 2.18. The van der Waals surface area contributed by atoms with E-state index in [4.69, 9.17) is 4.74 Å². The number of ether oxygens (including phenoxy) is 1. The minimum Gasteiger partial charge on any atom is -0.445 e. The van der Waals surface area contributed by atoms with Crippen molar-refractivity contribution in [3.63, 3.8) is 0 Å². The first-order chi connectivity index (χ1) is 9.08. The third kappa shape index (κ3) is 3.91. The number of hydrogen-bond donors (Lipinski definition) is 1. The van der Waals surface area contributed by atoms with E-state index in [0.717, 1.165) is 5.56 Å². The van der Waals surface area contributed by atoms with Gasteiger partial charge in [-0.2, -0.15) is 0 Å². The molecule has 1 amide bonds. The van der Waals surface area contributed by atoms with Crippen molar-refractivity contribution >= 4 is 6.09 Å². The van der Waals surface area contributed by atoms with E-state index in [2.05, 4.69) is 5.32 Å². The highest BCUT2D eigenvalue weighted by atomic mass is 19.3. The van der Waals surface area contributed by atoms with Gasteiger partial charge in [0.1, 0.15) is 6.61 Å². The molecule has 5 heteroatoms. The summed E-state index contributed by atoms with van der Waals surface area (Å²) in [4.78, 5) is 11.5. The summed E-state index contributed by atoms with van der Waals surface area (Å²) in [5.41, 5.74) is 0.827. The largest absolute Gasteiger partial charge is 0.445 e. The van der Waals surface area contributed by atoms with Gasteiger partial charge >= 0.3 is 6.09 Å². The van der Waals surface area contributed by atoms with E-state index < -0.39 is 18.1 Å². The molecular weight excluding hydrogens is 252 g/mol. The molecule has 0 aromatic heterocycles.